The van der Waals surface area contributed by atoms with Crippen LogP contribution >= 0.6 is 0 Å². The number of aromatic nitrogens is 1. The Kier molecular flexibility index (Phi) is 3.97. The van der Waals surface area contributed by atoms with E-state index in [2.05, 4.69) is 5.16 Å². The Morgan fingerprint density at radius 3 is 2.88 bits per heavy atom. The van der Waals surface area contributed by atoms with E-state index in [1.165, 1.54) is 6.07 Å². The molecule has 1 heterocycles. The highest BCUT2D eigenvalue weighted by Gasteiger charge is 2.13. The normalized spacial score (nSPS) is 10.4. The summed E-state index contributed by atoms with van der Waals surface area (Å²) in [6.45, 7) is 0.424. The van der Waals surface area contributed by atoms with Gasteiger partial charge in [-0.2, -0.15) is 0 Å². The Hall–Kier alpha value is -1.93. The largest absolute Gasteiger partial charge is 0.369 e. The van der Waals surface area contributed by atoms with Crippen LogP contribution in [0.5, 0.6) is 0 Å². The third-order valence-electron chi connectivity index (χ3n) is 1.77. The van der Waals surface area contributed by atoms with Crippen molar-refractivity contribution >= 4 is 11.8 Å². The molecular weight excluding hydrogens is 214 g/mol. The van der Waals surface area contributed by atoms with Crippen LogP contribution in [-0.2, 0) is 11.3 Å². The first-order valence-corrected chi connectivity index (χ1v) is 4.46. The van der Waals surface area contributed by atoms with Gasteiger partial charge in [0.1, 0.15) is 0 Å². The minimum Gasteiger partial charge on any atom is -0.369 e. The lowest BCUT2D eigenvalue weighted by atomic mass is 10.3. The van der Waals surface area contributed by atoms with E-state index in [0.717, 1.165) is 0 Å². The van der Waals surface area contributed by atoms with Crippen molar-refractivity contribution in [2.24, 2.45) is 11.6 Å². The van der Waals surface area contributed by atoms with E-state index in [0.29, 0.717) is 12.3 Å². The van der Waals surface area contributed by atoms with Gasteiger partial charge in [0.05, 0.1) is 13.1 Å². The van der Waals surface area contributed by atoms with E-state index in [9.17, 15) is 9.59 Å². The second-order valence-corrected chi connectivity index (χ2v) is 3.29. The van der Waals surface area contributed by atoms with Crippen LogP contribution in [0, 0.1) is 0 Å². The van der Waals surface area contributed by atoms with E-state index >= 15 is 0 Å². The Bertz CT molecular complexity index is 389. The van der Waals surface area contributed by atoms with Gasteiger partial charge in [-0.05, 0) is 7.05 Å². The second kappa shape index (κ2) is 5.24. The Morgan fingerprint density at radius 2 is 2.31 bits per heavy atom. The topological polar surface area (TPSA) is 127 Å². The summed E-state index contributed by atoms with van der Waals surface area (Å²) in [5, 5.41) is 3.51. The van der Waals surface area contributed by atoms with Crippen LogP contribution in [0.2, 0.25) is 0 Å². The number of hydrazine groups is 1. The van der Waals surface area contributed by atoms with Crippen molar-refractivity contribution in [3.05, 3.63) is 17.5 Å². The fourth-order valence-electron chi connectivity index (χ4n) is 1.16. The van der Waals surface area contributed by atoms with Crippen LogP contribution in [-0.4, -0.2) is 35.5 Å². The number of carbonyl (C=O) groups is 2. The first kappa shape index (κ1) is 12.1. The molecule has 8 nitrogen and oxygen atoms in total. The van der Waals surface area contributed by atoms with Gasteiger partial charge in [0.15, 0.2) is 11.5 Å². The zero-order chi connectivity index (χ0) is 12.1. The number of rotatable bonds is 5. The number of carbonyl (C=O) groups excluding carboxylic acids is 2. The number of amides is 2. The van der Waals surface area contributed by atoms with Gasteiger partial charge < -0.3 is 10.3 Å². The molecule has 88 valence electrons. The van der Waals surface area contributed by atoms with Crippen LogP contribution in [0.3, 0.4) is 0 Å². The summed E-state index contributed by atoms with van der Waals surface area (Å²) in [4.78, 5) is 23.3. The van der Waals surface area contributed by atoms with Crippen LogP contribution in [0.15, 0.2) is 10.6 Å². The predicted molar refractivity (Wildman–Crippen MR) is 53.7 cm³/mol. The summed E-state index contributed by atoms with van der Waals surface area (Å²) in [7, 11) is 1.69. The number of nitrogens with one attached hydrogen (secondary N) is 1. The van der Waals surface area contributed by atoms with Crippen LogP contribution in [0.4, 0.5) is 0 Å². The fourth-order valence-corrected chi connectivity index (χ4v) is 1.16. The highest BCUT2D eigenvalue weighted by atomic mass is 16.5. The molecule has 1 aromatic heterocycles. The summed E-state index contributed by atoms with van der Waals surface area (Å²) in [5.74, 6) is 4.40. The number of primary amides is 1. The predicted octanol–water partition coefficient (Wildman–Crippen LogP) is -1.80. The number of nitrogens with zero attached hydrogens (tertiary/aromatic N) is 2. The molecule has 0 aromatic carbocycles. The van der Waals surface area contributed by atoms with Crippen molar-refractivity contribution in [1.29, 1.82) is 0 Å². The van der Waals surface area contributed by atoms with Crippen molar-refractivity contribution in [2.75, 3.05) is 13.6 Å². The standard InChI is InChI=1S/C8H13N5O3/c1-13(4-7(9)14)3-5-2-6(12-16-5)8(15)11-10/h2H,3-4,10H2,1H3,(H2,9,14)(H,11,15). The molecule has 5 N–H and O–H groups in total. The van der Waals surface area contributed by atoms with Crippen LogP contribution in [0.25, 0.3) is 0 Å². The molecule has 1 rings (SSSR count). The Morgan fingerprint density at radius 1 is 1.62 bits per heavy atom. The van der Waals surface area contributed by atoms with Crippen LogP contribution < -0.4 is 17.0 Å². The molecule has 0 saturated carbocycles. The minimum absolute atomic E-state index is 0.0879. The van der Waals surface area contributed by atoms with Crippen molar-refractivity contribution in [2.45, 2.75) is 6.54 Å². The monoisotopic (exact) mass is 227 g/mol. The van der Waals surface area contributed by atoms with E-state index < -0.39 is 11.8 Å². The molecular formula is C8H13N5O3. The highest BCUT2D eigenvalue weighted by Crippen LogP contribution is 2.05. The highest BCUT2D eigenvalue weighted by molar-refractivity contribution is 5.91. The van der Waals surface area contributed by atoms with Gasteiger partial charge >= 0.3 is 0 Å². The molecule has 0 spiro atoms. The van der Waals surface area contributed by atoms with Gasteiger partial charge in [-0.15, -0.1) is 0 Å². The summed E-state index contributed by atoms with van der Waals surface area (Å²) in [6.07, 6.45) is 0. The molecule has 0 aliphatic carbocycles. The third kappa shape index (κ3) is 3.33. The molecule has 0 radical (unpaired) electrons. The van der Waals surface area contributed by atoms with Gasteiger partial charge in [-0.1, -0.05) is 5.16 Å². The lowest BCUT2D eigenvalue weighted by Gasteiger charge is -2.10. The lowest BCUT2D eigenvalue weighted by Crippen LogP contribution is -2.30. The van der Waals surface area contributed by atoms with Gasteiger partial charge in [-0.25, -0.2) is 5.84 Å². The summed E-state index contributed by atoms with van der Waals surface area (Å²) >= 11 is 0. The zero-order valence-corrected chi connectivity index (χ0v) is 8.77. The van der Waals surface area contributed by atoms with Crippen molar-refractivity contribution in [3.63, 3.8) is 0 Å². The smallest absolute Gasteiger partial charge is 0.287 e. The van der Waals surface area contributed by atoms with Crippen LogP contribution in [0.1, 0.15) is 16.2 Å². The summed E-state index contributed by atoms with van der Waals surface area (Å²) < 4.78 is 4.88. The minimum atomic E-state index is -0.535. The average Bonchev–Trinajstić information content (AvgIpc) is 2.63. The molecule has 0 saturated heterocycles. The molecule has 16 heavy (non-hydrogen) atoms. The van der Waals surface area contributed by atoms with Crippen molar-refractivity contribution in [1.82, 2.24) is 15.5 Å². The van der Waals surface area contributed by atoms with E-state index in [1.54, 1.807) is 11.9 Å². The molecule has 0 unspecified atom stereocenters. The summed E-state index contributed by atoms with van der Waals surface area (Å²) in [5.41, 5.74) is 7.03. The quantitative estimate of drug-likeness (QED) is 0.309. The molecule has 0 atom stereocenters. The molecule has 0 bridgehead atoms. The maximum absolute atomic E-state index is 11.0. The van der Waals surface area contributed by atoms with Crippen molar-refractivity contribution in [3.8, 4) is 0 Å². The number of nitrogens with two attached hydrogens (primary N) is 2. The number of hydrogen-bond acceptors (Lipinski definition) is 6. The lowest BCUT2D eigenvalue weighted by molar-refractivity contribution is -0.119. The maximum Gasteiger partial charge on any atom is 0.287 e. The van der Waals surface area contributed by atoms with E-state index in [4.69, 9.17) is 16.1 Å². The number of hydrogen-bond donors (Lipinski definition) is 3. The number of nitrogen functional groups attached to an aromatic ring is 1. The third-order valence-corrected chi connectivity index (χ3v) is 1.77. The Labute approximate surface area is 91.5 Å². The first-order valence-electron chi connectivity index (χ1n) is 4.46. The fraction of sp³-hybridized carbons (Fsp3) is 0.375. The van der Waals surface area contributed by atoms with Gasteiger partial charge in [0.2, 0.25) is 5.91 Å². The van der Waals surface area contributed by atoms with E-state index in [-0.39, 0.29) is 12.2 Å². The molecule has 8 heteroatoms. The van der Waals surface area contributed by atoms with Gasteiger partial charge in [0.25, 0.3) is 5.91 Å². The zero-order valence-electron chi connectivity index (χ0n) is 8.77. The second-order valence-electron chi connectivity index (χ2n) is 3.29. The van der Waals surface area contributed by atoms with Gasteiger partial charge in [-0.3, -0.25) is 19.9 Å². The SMILES string of the molecule is CN(CC(N)=O)Cc1cc(C(=O)NN)no1. The Balaban J connectivity index is 2.58. The average molecular weight is 227 g/mol. The van der Waals surface area contributed by atoms with E-state index in [1.807, 2.05) is 5.43 Å². The molecule has 0 aliphatic rings. The van der Waals surface area contributed by atoms with Gasteiger partial charge in [0, 0.05) is 6.07 Å². The summed E-state index contributed by atoms with van der Waals surface area (Å²) in [6, 6.07) is 1.44. The molecule has 2 amide bonds. The van der Waals surface area contributed by atoms with Crippen molar-refractivity contribution < 1.29 is 14.1 Å². The molecule has 0 fully saturated rings. The number of likely N-dealkylation sites (N-methyl/N-ethyl adjacent to an activating group) is 1. The maximum atomic E-state index is 11.0. The molecule has 0 aliphatic heterocycles. The molecule has 1 aromatic rings. The first-order chi connectivity index (χ1) is 7.52.